The molecule has 0 spiro atoms. The van der Waals surface area contributed by atoms with Crippen molar-refractivity contribution in [2.24, 2.45) is 10.9 Å². The normalized spacial score (nSPS) is 21.8. The number of likely N-dealkylation sites (tertiary alicyclic amines) is 1. The smallest absolute Gasteiger partial charge is 0.338 e. The van der Waals surface area contributed by atoms with E-state index in [-0.39, 0.29) is 24.2 Å². The van der Waals surface area contributed by atoms with E-state index in [4.69, 9.17) is 9.47 Å². The van der Waals surface area contributed by atoms with Crippen molar-refractivity contribution < 1.29 is 28.2 Å². The lowest BCUT2D eigenvalue weighted by Crippen LogP contribution is -2.44. The first-order chi connectivity index (χ1) is 16.8. The predicted molar refractivity (Wildman–Crippen MR) is 129 cm³/mol. The van der Waals surface area contributed by atoms with Crippen LogP contribution in [0.25, 0.3) is 0 Å². The largest absolute Gasteiger partial charge is 0.466 e. The molecule has 3 aliphatic rings. The first-order valence-corrected chi connectivity index (χ1v) is 12.4. The molecule has 2 atom stereocenters. The minimum Gasteiger partial charge on any atom is -0.466 e. The highest BCUT2D eigenvalue weighted by Gasteiger charge is 2.41. The van der Waals surface area contributed by atoms with Gasteiger partial charge in [-0.1, -0.05) is 23.9 Å². The van der Waals surface area contributed by atoms with E-state index in [2.05, 4.69) is 4.99 Å². The highest BCUT2D eigenvalue weighted by Crippen LogP contribution is 2.45. The fourth-order valence-electron chi connectivity index (χ4n) is 4.66. The topological polar surface area (TPSA) is 88.5 Å². The summed E-state index contributed by atoms with van der Waals surface area (Å²) in [5.74, 6) is -1.73. The SMILES string of the molecule is CCOC(=O)[C@@H]1CCCN(C(=O)CC2=CSC3=NC(C)=C(C(=O)OC)[C@@H](c4cccc(F)c4)N23)C1. The summed E-state index contributed by atoms with van der Waals surface area (Å²) in [6.45, 7) is 4.67. The molecule has 1 aromatic rings. The lowest BCUT2D eigenvalue weighted by molar-refractivity contribution is -0.151. The van der Waals surface area contributed by atoms with Gasteiger partial charge in [0.25, 0.3) is 0 Å². The molecule has 1 aromatic carbocycles. The van der Waals surface area contributed by atoms with Crippen molar-refractivity contribution in [3.63, 3.8) is 0 Å². The summed E-state index contributed by atoms with van der Waals surface area (Å²) in [5, 5.41) is 2.44. The maximum Gasteiger partial charge on any atom is 0.338 e. The van der Waals surface area contributed by atoms with Gasteiger partial charge in [-0.05, 0) is 49.8 Å². The summed E-state index contributed by atoms with van der Waals surface area (Å²) in [5.41, 5.74) is 1.99. The van der Waals surface area contributed by atoms with Crippen molar-refractivity contribution >= 4 is 34.8 Å². The minimum atomic E-state index is -0.687. The van der Waals surface area contributed by atoms with Crippen molar-refractivity contribution in [2.45, 2.75) is 39.2 Å². The second-order valence-corrected chi connectivity index (χ2v) is 9.38. The molecule has 3 heterocycles. The number of hydrogen-bond acceptors (Lipinski definition) is 8. The Balaban J connectivity index is 1.60. The number of thioether (sulfide) groups is 1. The number of amidine groups is 1. The molecule has 0 N–H and O–H groups in total. The van der Waals surface area contributed by atoms with E-state index in [1.54, 1.807) is 30.9 Å². The van der Waals surface area contributed by atoms with E-state index < -0.39 is 17.8 Å². The zero-order valence-corrected chi connectivity index (χ0v) is 20.8. The van der Waals surface area contributed by atoms with Gasteiger partial charge in [-0.25, -0.2) is 14.2 Å². The van der Waals surface area contributed by atoms with Crippen molar-refractivity contribution in [1.82, 2.24) is 9.80 Å². The van der Waals surface area contributed by atoms with Gasteiger partial charge < -0.3 is 19.3 Å². The molecule has 4 rings (SSSR count). The number of amides is 1. The number of halogens is 1. The van der Waals surface area contributed by atoms with E-state index in [9.17, 15) is 18.8 Å². The van der Waals surface area contributed by atoms with Gasteiger partial charge in [0.05, 0.1) is 43.4 Å². The van der Waals surface area contributed by atoms with Crippen molar-refractivity contribution in [3.8, 4) is 0 Å². The summed E-state index contributed by atoms with van der Waals surface area (Å²) >= 11 is 1.35. The van der Waals surface area contributed by atoms with Gasteiger partial charge in [-0.2, -0.15) is 0 Å². The van der Waals surface area contributed by atoms with E-state index in [0.717, 1.165) is 6.42 Å². The van der Waals surface area contributed by atoms with Gasteiger partial charge in [0.15, 0.2) is 5.17 Å². The number of ether oxygens (including phenoxy) is 2. The van der Waals surface area contributed by atoms with Gasteiger partial charge in [-0.3, -0.25) is 9.59 Å². The number of benzene rings is 1. The molecular formula is C25H28FN3O5S. The van der Waals surface area contributed by atoms with Gasteiger partial charge in [-0.15, -0.1) is 0 Å². The van der Waals surface area contributed by atoms with Gasteiger partial charge in [0, 0.05) is 18.8 Å². The van der Waals surface area contributed by atoms with Crippen molar-refractivity contribution in [3.05, 3.63) is 58.0 Å². The number of methoxy groups -OCH3 is 1. The fraction of sp³-hybridized carbons (Fsp3) is 0.440. The molecular weight excluding hydrogens is 473 g/mol. The summed E-state index contributed by atoms with van der Waals surface area (Å²) in [6, 6.07) is 5.35. The molecule has 0 bridgehead atoms. The lowest BCUT2D eigenvalue weighted by Gasteiger charge is -2.37. The number of esters is 2. The number of fused-ring (bicyclic) bond motifs is 1. The number of rotatable bonds is 6. The molecule has 1 amide bonds. The molecule has 0 radical (unpaired) electrons. The fourth-order valence-corrected chi connectivity index (χ4v) is 5.62. The zero-order valence-electron chi connectivity index (χ0n) is 20.0. The third-order valence-electron chi connectivity index (χ3n) is 6.30. The van der Waals surface area contributed by atoms with Gasteiger partial charge in [0.1, 0.15) is 5.82 Å². The highest BCUT2D eigenvalue weighted by molar-refractivity contribution is 8.16. The predicted octanol–water partition coefficient (Wildman–Crippen LogP) is 3.77. The first kappa shape index (κ1) is 25.0. The van der Waals surface area contributed by atoms with Crippen LogP contribution in [0.3, 0.4) is 0 Å². The molecule has 8 nitrogen and oxygen atoms in total. The van der Waals surface area contributed by atoms with Gasteiger partial charge >= 0.3 is 11.9 Å². The summed E-state index contributed by atoms with van der Waals surface area (Å²) in [6.07, 6.45) is 1.47. The van der Waals surface area contributed by atoms with Crippen LogP contribution >= 0.6 is 11.8 Å². The minimum absolute atomic E-state index is 0.0564. The van der Waals surface area contributed by atoms with Crippen LogP contribution in [0.2, 0.25) is 0 Å². The molecule has 0 unspecified atom stereocenters. The van der Waals surface area contributed by atoms with Crippen LogP contribution < -0.4 is 0 Å². The van der Waals surface area contributed by atoms with Crippen molar-refractivity contribution in [2.75, 3.05) is 26.8 Å². The maximum absolute atomic E-state index is 14.2. The van der Waals surface area contributed by atoms with Crippen LogP contribution in [0, 0.1) is 11.7 Å². The molecule has 0 saturated carbocycles. The molecule has 3 aliphatic heterocycles. The molecule has 0 aromatic heterocycles. The number of allylic oxidation sites excluding steroid dienone is 1. The number of carbonyl (C=O) groups is 3. The molecule has 35 heavy (non-hydrogen) atoms. The first-order valence-electron chi connectivity index (χ1n) is 11.6. The maximum atomic E-state index is 14.2. The second kappa shape index (κ2) is 10.6. The average molecular weight is 502 g/mol. The second-order valence-electron chi connectivity index (χ2n) is 8.55. The molecule has 1 saturated heterocycles. The summed E-state index contributed by atoms with van der Waals surface area (Å²) < 4.78 is 24.4. The number of piperidine rings is 1. The Hall–Kier alpha value is -3.14. The monoisotopic (exact) mass is 501 g/mol. The number of hydrogen-bond donors (Lipinski definition) is 0. The van der Waals surface area contributed by atoms with Crippen LogP contribution in [0.15, 0.2) is 51.6 Å². The Bertz CT molecular complexity index is 1130. The Morgan fingerprint density at radius 2 is 2.09 bits per heavy atom. The Kier molecular flexibility index (Phi) is 7.59. The number of aliphatic imine (C=N–C) groups is 1. The molecule has 10 heteroatoms. The van der Waals surface area contributed by atoms with E-state index >= 15 is 0 Å². The Labute approximate surface area is 207 Å². The Morgan fingerprint density at radius 3 is 2.80 bits per heavy atom. The van der Waals surface area contributed by atoms with Crippen LogP contribution in [-0.2, 0) is 23.9 Å². The number of carbonyl (C=O) groups excluding carboxylic acids is 3. The third kappa shape index (κ3) is 5.12. The average Bonchev–Trinajstić information content (AvgIpc) is 3.24. The van der Waals surface area contributed by atoms with Crippen molar-refractivity contribution in [1.29, 1.82) is 0 Å². The Morgan fingerprint density at radius 1 is 1.29 bits per heavy atom. The quantitative estimate of drug-likeness (QED) is 0.549. The van der Waals surface area contributed by atoms with Crippen LogP contribution in [0.4, 0.5) is 4.39 Å². The van der Waals surface area contributed by atoms with Crippen LogP contribution in [0.5, 0.6) is 0 Å². The zero-order chi connectivity index (χ0) is 25.1. The molecule has 0 aliphatic carbocycles. The van der Waals surface area contributed by atoms with E-state index in [0.29, 0.717) is 53.8 Å². The molecule has 186 valence electrons. The van der Waals surface area contributed by atoms with E-state index in [1.165, 1.54) is 31.0 Å². The summed E-state index contributed by atoms with van der Waals surface area (Å²) in [4.78, 5) is 46.3. The number of nitrogens with zero attached hydrogens (tertiary/aromatic N) is 3. The van der Waals surface area contributed by atoms with Crippen LogP contribution in [0.1, 0.15) is 44.7 Å². The lowest BCUT2D eigenvalue weighted by atomic mass is 9.93. The van der Waals surface area contributed by atoms with E-state index in [1.807, 2.05) is 10.3 Å². The van der Waals surface area contributed by atoms with Crippen LogP contribution in [-0.4, -0.2) is 59.6 Å². The summed E-state index contributed by atoms with van der Waals surface area (Å²) in [7, 11) is 1.29. The third-order valence-corrected chi connectivity index (χ3v) is 7.19. The standard InChI is InChI=1S/C25H28FN3O5S/c1-4-34-23(31)17-8-6-10-28(13-17)20(30)12-19-14-35-25-27-15(2)21(24(32)33-3)22(29(19)25)16-7-5-9-18(26)11-16/h5,7,9,11,14,17,22H,4,6,8,10,12-13H2,1-3H3/t17-,22-/m1/s1. The molecule has 1 fully saturated rings. The van der Waals surface area contributed by atoms with Gasteiger partial charge in [0.2, 0.25) is 5.91 Å². The highest BCUT2D eigenvalue weighted by atomic mass is 32.2.